The molecule has 0 unspecified atom stereocenters. The van der Waals surface area contributed by atoms with Gasteiger partial charge in [0.1, 0.15) is 0 Å². The molecule has 0 amide bonds. The van der Waals surface area contributed by atoms with Crippen molar-refractivity contribution in [3.8, 4) is 11.8 Å². The molecule has 3 aromatic rings. The molecule has 1 aliphatic heterocycles. The van der Waals surface area contributed by atoms with E-state index in [4.69, 9.17) is 0 Å². The molecule has 0 bridgehead atoms. The number of rotatable bonds is 3. The zero-order valence-corrected chi connectivity index (χ0v) is 16.5. The zero-order chi connectivity index (χ0) is 20.1. The van der Waals surface area contributed by atoms with Gasteiger partial charge in [-0.1, -0.05) is 79.1 Å². The highest BCUT2D eigenvalue weighted by atomic mass is 16.3. The molecule has 1 saturated heterocycles. The van der Waals surface area contributed by atoms with Crippen molar-refractivity contribution in [2.75, 3.05) is 13.1 Å². The lowest BCUT2D eigenvalue weighted by Gasteiger charge is -2.40. The van der Waals surface area contributed by atoms with Crippen molar-refractivity contribution in [1.82, 2.24) is 4.90 Å². The summed E-state index contributed by atoms with van der Waals surface area (Å²) in [6.45, 7) is 5.88. The Kier molecular flexibility index (Phi) is 5.51. The van der Waals surface area contributed by atoms with E-state index in [2.05, 4.69) is 35.5 Å². The Morgan fingerprint density at radius 2 is 1.28 bits per heavy atom. The van der Waals surface area contributed by atoms with Gasteiger partial charge in [0.05, 0.1) is 5.60 Å². The van der Waals surface area contributed by atoms with Crippen molar-refractivity contribution in [3.63, 3.8) is 0 Å². The smallest absolute Gasteiger partial charge is 0.0930 e. The molecule has 1 fully saturated rings. The van der Waals surface area contributed by atoms with Crippen LogP contribution in [-0.4, -0.2) is 23.1 Å². The van der Waals surface area contributed by atoms with Crippen molar-refractivity contribution in [3.05, 3.63) is 114 Å². The molecule has 3 aromatic carbocycles. The van der Waals surface area contributed by atoms with Gasteiger partial charge < -0.3 is 10.0 Å². The third kappa shape index (κ3) is 4.42. The minimum Gasteiger partial charge on any atom is -0.385 e. The number of piperidine rings is 1. The highest BCUT2D eigenvalue weighted by Crippen LogP contribution is 2.35. The molecule has 0 atom stereocenters. The average molecular weight is 380 g/mol. The van der Waals surface area contributed by atoms with Crippen molar-refractivity contribution < 1.29 is 5.11 Å². The summed E-state index contributed by atoms with van der Waals surface area (Å²) in [5, 5.41) is 11.0. The Labute approximate surface area is 173 Å². The maximum absolute atomic E-state index is 11.0. The maximum Gasteiger partial charge on any atom is 0.0930 e. The second kappa shape index (κ2) is 8.39. The molecular weight excluding hydrogens is 354 g/mol. The van der Waals surface area contributed by atoms with Crippen molar-refractivity contribution in [2.24, 2.45) is 0 Å². The van der Waals surface area contributed by atoms with Crippen LogP contribution in [0.1, 0.15) is 35.1 Å². The lowest BCUT2D eigenvalue weighted by atomic mass is 9.84. The second-order valence-electron chi connectivity index (χ2n) is 7.52. The van der Waals surface area contributed by atoms with Crippen LogP contribution in [0, 0.1) is 11.8 Å². The second-order valence-corrected chi connectivity index (χ2v) is 7.52. The van der Waals surface area contributed by atoms with E-state index < -0.39 is 5.60 Å². The number of nitrogens with zero attached hydrogens (tertiary/aromatic N) is 1. The van der Waals surface area contributed by atoms with Gasteiger partial charge in [-0.05, 0) is 48.2 Å². The number of likely N-dealkylation sites (tertiary alicyclic amines) is 1. The Morgan fingerprint density at radius 3 is 1.86 bits per heavy atom. The Bertz CT molecular complexity index is 1020. The van der Waals surface area contributed by atoms with E-state index in [1.54, 1.807) is 0 Å². The zero-order valence-electron chi connectivity index (χ0n) is 16.5. The summed E-state index contributed by atoms with van der Waals surface area (Å²) >= 11 is 0. The van der Waals surface area contributed by atoms with Gasteiger partial charge in [-0.3, -0.25) is 0 Å². The predicted molar refractivity (Wildman–Crippen MR) is 119 cm³/mol. The first-order valence-corrected chi connectivity index (χ1v) is 10.0. The summed E-state index contributed by atoms with van der Waals surface area (Å²) in [6, 6.07) is 28.2. The van der Waals surface area contributed by atoms with Crippen molar-refractivity contribution >= 4 is 5.70 Å². The summed E-state index contributed by atoms with van der Waals surface area (Å²) < 4.78 is 0. The van der Waals surface area contributed by atoms with Crippen LogP contribution in [0.4, 0.5) is 0 Å². The fraction of sp³-hybridized carbons (Fsp3) is 0.185. The molecule has 29 heavy (non-hydrogen) atoms. The van der Waals surface area contributed by atoms with Gasteiger partial charge >= 0.3 is 0 Å². The van der Waals surface area contributed by atoms with Crippen LogP contribution in [0.5, 0.6) is 0 Å². The normalized spacial score (nSPS) is 15.3. The summed E-state index contributed by atoms with van der Waals surface area (Å²) in [5.74, 6) is 6.40. The molecule has 1 heterocycles. The fourth-order valence-electron chi connectivity index (χ4n) is 3.78. The Hall–Kier alpha value is -3.28. The summed E-state index contributed by atoms with van der Waals surface area (Å²) in [6.07, 6.45) is 1.41. The molecule has 1 N–H and O–H groups in total. The van der Waals surface area contributed by atoms with Gasteiger partial charge in [0, 0.05) is 29.9 Å². The monoisotopic (exact) mass is 379 g/mol. The van der Waals surface area contributed by atoms with E-state index in [0.29, 0.717) is 12.8 Å². The van der Waals surface area contributed by atoms with Crippen molar-refractivity contribution in [2.45, 2.75) is 18.4 Å². The van der Waals surface area contributed by atoms with Crippen LogP contribution in [0.3, 0.4) is 0 Å². The molecule has 0 aliphatic carbocycles. The third-order valence-electron chi connectivity index (χ3n) is 5.63. The van der Waals surface area contributed by atoms with E-state index >= 15 is 0 Å². The molecule has 2 heteroatoms. The molecule has 0 spiro atoms. The number of hydrogen-bond acceptors (Lipinski definition) is 2. The van der Waals surface area contributed by atoms with Crippen LogP contribution >= 0.6 is 0 Å². The van der Waals surface area contributed by atoms with Crippen LogP contribution in [0.15, 0.2) is 91.5 Å². The van der Waals surface area contributed by atoms with Gasteiger partial charge in [-0.25, -0.2) is 0 Å². The molecule has 4 rings (SSSR count). The SMILES string of the molecule is C=C(c1ccc(C#Cc2ccccc2)cc1)N1CCC(O)(c2ccccc2)CC1. The quantitative estimate of drug-likeness (QED) is 0.645. The van der Waals surface area contributed by atoms with Crippen LogP contribution < -0.4 is 0 Å². The number of benzene rings is 3. The molecule has 0 radical (unpaired) electrons. The molecule has 1 aliphatic rings. The van der Waals surface area contributed by atoms with Crippen LogP contribution in [0.25, 0.3) is 5.70 Å². The van der Waals surface area contributed by atoms with Gasteiger partial charge in [-0.2, -0.15) is 0 Å². The largest absolute Gasteiger partial charge is 0.385 e. The first-order valence-electron chi connectivity index (χ1n) is 10.0. The third-order valence-corrected chi connectivity index (χ3v) is 5.63. The Morgan fingerprint density at radius 1 is 0.759 bits per heavy atom. The molecular formula is C27H25NO. The average Bonchev–Trinajstić information content (AvgIpc) is 2.79. The minimum absolute atomic E-state index is 0.705. The maximum atomic E-state index is 11.0. The van der Waals surface area contributed by atoms with Crippen LogP contribution in [-0.2, 0) is 5.60 Å². The van der Waals surface area contributed by atoms with E-state index in [1.807, 2.05) is 72.8 Å². The lowest BCUT2D eigenvalue weighted by Crippen LogP contribution is -2.41. The van der Waals surface area contributed by atoms with Gasteiger partial charge in [0.15, 0.2) is 0 Å². The predicted octanol–water partition coefficient (Wildman–Crippen LogP) is 5.04. The summed E-state index contributed by atoms with van der Waals surface area (Å²) in [5.41, 5.74) is 4.37. The molecule has 0 saturated carbocycles. The fourth-order valence-corrected chi connectivity index (χ4v) is 3.78. The highest BCUT2D eigenvalue weighted by molar-refractivity contribution is 5.63. The highest BCUT2D eigenvalue weighted by Gasteiger charge is 2.34. The molecule has 144 valence electrons. The standard InChI is InChI=1S/C27H25NO/c1-22(28-20-18-27(29,19-21-28)26-10-6-3-7-11-26)25-16-14-24(15-17-25)13-12-23-8-4-2-5-9-23/h2-11,14-17,29H,1,18-21H2. The minimum atomic E-state index is -0.741. The van der Waals surface area contributed by atoms with E-state index in [-0.39, 0.29) is 0 Å². The van der Waals surface area contributed by atoms with Gasteiger partial charge in [0.25, 0.3) is 0 Å². The van der Waals surface area contributed by atoms with Crippen molar-refractivity contribution in [1.29, 1.82) is 0 Å². The lowest BCUT2D eigenvalue weighted by molar-refractivity contribution is -0.0139. The van der Waals surface area contributed by atoms with Gasteiger partial charge in [0.2, 0.25) is 0 Å². The number of hydrogen-bond donors (Lipinski definition) is 1. The summed E-state index contributed by atoms with van der Waals surface area (Å²) in [7, 11) is 0. The van der Waals surface area contributed by atoms with Gasteiger partial charge in [-0.15, -0.1) is 0 Å². The van der Waals surface area contributed by atoms with E-state index in [9.17, 15) is 5.11 Å². The Balaban J connectivity index is 1.40. The molecule has 0 aromatic heterocycles. The topological polar surface area (TPSA) is 23.5 Å². The van der Waals surface area contributed by atoms with Crippen LogP contribution in [0.2, 0.25) is 0 Å². The summed E-state index contributed by atoms with van der Waals surface area (Å²) in [4.78, 5) is 2.27. The number of aliphatic hydroxyl groups is 1. The first kappa shape index (κ1) is 19.1. The van der Waals surface area contributed by atoms with E-state index in [1.165, 1.54) is 0 Å². The van der Waals surface area contributed by atoms with E-state index in [0.717, 1.165) is 41.0 Å². The molecule has 2 nitrogen and oxygen atoms in total. The first-order chi connectivity index (χ1) is 14.1.